The molecule has 0 aliphatic heterocycles. The van der Waals surface area contributed by atoms with Crippen molar-refractivity contribution in [3.05, 3.63) is 101 Å². The van der Waals surface area contributed by atoms with Crippen LogP contribution in [0.3, 0.4) is 0 Å². The minimum atomic E-state index is -0.929. The normalized spacial score (nSPS) is 12.6. The highest BCUT2D eigenvalue weighted by molar-refractivity contribution is 6.21. The third kappa shape index (κ3) is 3.31. The molecule has 174 valence electrons. The van der Waals surface area contributed by atoms with Gasteiger partial charge in [-0.05, 0) is 81.6 Å². The van der Waals surface area contributed by atoms with Crippen molar-refractivity contribution in [1.29, 1.82) is 10.5 Å². The van der Waals surface area contributed by atoms with Crippen molar-refractivity contribution in [3.8, 4) is 23.5 Å². The lowest BCUT2D eigenvalue weighted by atomic mass is 10.0. The molecule has 0 radical (unpaired) electrons. The first-order chi connectivity index (χ1) is 17.9. The first-order valence-electron chi connectivity index (χ1n) is 11.4. The van der Waals surface area contributed by atoms with Crippen molar-refractivity contribution < 1.29 is 8.78 Å². The fourth-order valence-corrected chi connectivity index (χ4v) is 5.14. The summed E-state index contributed by atoms with van der Waals surface area (Å²) in [5.41, 5.74) is 3.06. The summed E-state index contributed by atoms with van der Waals surface area (Å²) in [6.07, 6.45) is 3.84. The Morgan fingerprint density at radius 1 is 0.622 bits per heavy atom. The summed E-state index contributed by atoms with van der Waals surface area (Å²) in [6.45, 7) is 5.95. The fraction of sp³-hybridized carbons (Fsp3) is 0.0323. The molecule has 0 aromatic heterocycles. The van der Waals surface area contributed by atoms with E-state index in [-0.39, 0.29) is 0 Å². The van der Waals surface area contributed by atoms with Crippen LogP contribution in [0.2, 0.25) is 0 Å². The summed E-state index contributed by atoms with van der Waals surface area (Å²) < 4.78 is 27.4. The Balaban J connectivity index is 1.74. The van der Waals surface area contributed by atoms with Gasteiger partial charge in [-0.1, -0.05) is 42.5 Å². The number of hydrogen-bond acceptors (Lipinski definition) is 4. The monoisotopic (exact) mass is 482 g/mol. The van der Waals surface area contributed by atoms with Crippen LogP contribution in [0.15, 0.2) is 83.3 Å². The average molecular weight is 482 g/mol. The average Bonchev–Trinajstić information content (AvgIpc) is 3.36. The number of rotatable bonds is 2. The molecular weight excluding hydrogens is 466 g/mol. The minimum Gasteiger partial charge on any atom is -0.204 e. The van der Waals surface area contributed by atoms with E-state index in [1.807, 2.05) is 67.8 Å². The molecule has 0 aliphatic carbocycles. The number of allylic oxidation sites excluding steroid dienone is 1. The maximum Gasteiger partial charge on any atom is 0.206 e. The summed E-state index contributed by atoms with van der Waals surface area (Å²) in [7, 11) is 0. The fourth-order valence-electron chi connectivity index (χ4n) is 5.14. The molecule has 6 heteroatoms. The zero-order valence-electron chi connectivity index (χ0n) is 19.6. The van der Waals surface area contributed by atoms with Gasteiger partial charge in [0.05, 0.1) is 10.7 Å². The molecule has 6 rings (SSSR count). The predicted molar refractivity (Wildman–Crippen MR) is 141 cm³/mol. The molecule has 0 heterocycles. The van der Waals surface area contributed by atoms with Crippen LogP contribution >= 0.6 is 0 Å². The van der Waals surface area contributed by atoms with Gasteiger partial charge in [0.1, 0.15) is 0 Å². The van der Waals surface area contributed by atoms with Gasteiger partial charge in [0.25, 0.3) is 0 Å². The number of nitriles is 2. The Labute approximate surface area is 209 Å². The number of benzene rings is 4. The van der Waals surface area contributed by atoms with Gasteiger partial charge >= 0.3 is 0 Å². The molecule has 4 nitrogen and oxygen atoms in total. The zero-order valence-corrected chi connectivity index (χ0v) is 19.6. The molecule has 0 aliphatic rings. The summed E-state index contributed by atoms with van der Waals surface area (Å²) in [5.74, 6) is -1.84. The quantitative estimate of drug-likeness (QED) is 0.251. The summed E-state index contributed by atoms with van der Waals surface area (Å²) in [6, 6.07) is 19.2. The lowest BCUT2D eigenvalue weighted by Gasteiger charge is -2.03. The molecule has 37 heavy (non-hydrogen) atoms. The van der Waals surface area contributed by atoms with Crippen LogP contribution in [0.1, 0.15) is 12.5 Å². The topological polar surface area (TPSA) is 72.3 Å². The Morgan fingerprint density at radius 3 is 1.70 bits per heavy atom. The molecule has 0 bridgehead atoms. The summed E-state index contributed by atoms with van der Waals surface area (Å²) in [5, 5.41) is 26.7. The lowest BCUT2D eigenvalue weighted by Crippen LogP contribution is -1.99. The second kappa shape index (κ2) is 8.19. The Kier molecular flexibility index (Phi) is 4.93. The molecule has 0 atom stereocenters. The number of nitrogens with zero attached hydrogens (tertiary/aromatic N) is 4. The van der Waals surface area contributed by atoms with E-state index >= 15 is 0 Å². The van der Waals surface area contributed by atoms with Gasteiger partial charge in [0.2, 0.25) is 12.4 Å². The van der Waals surface area contributed by atoms with Crippen molar-refractivity contribution in [1.82, 2.24) is 0 Å². The van der Waals surface area contributed by atoms with Crippen molar-refractivity contribution in [3.63, 3.8) is 0 Å². The molecule has 0 unspecified atom stereocenters. The first kappa shape index (κ1) is 22.3. The van der Waals surface area contributed by atoms with E-state index < -0.39 is 11.6 Å². The number of fused-ring (bicyclic) bond motifs is 6. The zero-order chi connectivity index (χ0) is 25.8. The van der Waals surface area contributed by atoms with E-state index in [2.05, 4.69) is 16.6 Å². The van der Waals surface area contributed by atoms with Gasteiger partial charge in [-0.15, -0.1) is 0 Å². The first-order valence-corrected chi connectivity index (χ1v) is 11.4. The minimum absolute atomic E-state index is 0.505. The second-order valence-electron chi connectivity index (χ2n) is 8.99. The molecular formula is C31H16F2N4. The van der Waals surface area contributed by atoms with Crippen molar-refractivity contribution in [2.45, 2.75) is 6.92 Å². The molecule has 6 aromatic carbocycles. The molecule has 6 aromatic rings. The van der Waals surface area contributed by atoms with Crippen LogP contribution in [-0.2, 0) is 0 Å². The molecule has 0 N–H and O–H groups in total. The molecule has 0 amide bonds. The van der Waals surface area contributed by atoms with E-state index in [1.54, 1.807) is 0 Å². The molecule has 0 spiro atoms. The van der Waals surface area contributed by atoms with E-state index in [0.717, 1.165) is 66.4 Å². The van der Waals surface area contributed by atoms with Gasteiger partial charge in [-0.3, -0.25) is 0 Å². The van der Waals surface area contributed by atoms with Gasteiger partial charge in [0.15, 0.2) is 11.6 Å². The van der Waals surface area contributed by atoms with Gasteiger partial charge in [-0.2, -0.15) is 20.5 Å². The van der Waals surface area contributed by atoms with Gasteiger partial charge in [-0.25, -0.2) is 8.78 Å². The van der Waals surface area contributed by atoms with E-state index in [1.165, 1.54) is 6.07 Å². The standard InChI is InChI=1S/C31H16F2N4/c1-16(2)17-3-6-20-22-12-27-23(13-26(22)30(36-14-34)24(20)9-17)21-7-4-18(10-25(21)31(27)37-15-35)19-5-8-28(32)29(33)11-19/h3-13H,1H2,2H3/b36-30+,37-31+. The van der Waals surface area contributed by atoms with Crippen molar-refractivity contribution in [2.24, 2.45) is 9.98 Å². The van der Waals surface area contributed by atoms with Crippen molar-refractivity contribution >= 4 is 48.7 Å². The highest BCUT2D eigenvalue weighted by Gasteiger charge is 2.16. The third-order valence-electron chi connectivity index (χ3n) is 6.87. The third-order valence-corrected chi connectivity index (χ3v) is 6.87. The van der Waals surface area contributed by atoms with E-state index in [0.29, 0.717) is 21.8 Å². The second-order valence-corrected chi connectivity index (χ2v) is 8.99. The maximum absolute atomic E-state index is 13.9. The lowest BCUT2D eigenvalue weighted by molar-refractivity contribution is 0.509. The molecule has 0 saturated heterocycles. The Morgan fingerprint density at radius 2 is 1.14 bits per heavy atom. The van der Waals surface area contributed by atoms with Crippen molar-refractivity contribution in [2.75, 3.05) is 0 Å². The maximum atomic E-state index is 13.9. The smallest absolute Gasteiger partial charge is 0.204 e. The largest absolute Gasteiger partial charge is 0.206 e. The van der Waals surface area contributed by atoms with E-state index in [4.69, 9.17) is 0 Å². The van der Waals surface area contributed by atoms with Crippen LogP contribution in [0, 0.1) is 34.5 Å². The Bertz CT molecular complexity index is 2170. The number of hydrogen-bond donors (Lipinski definition) is 0. The summed E-state index contributed by atoms with van der Waals surface area (Å²) in [4.78, 5) is 8.30. The van der Waals surface area contributed by atoms with Gasteiger partial charge < -0.3 is 0 Å². The van der Waals surface area contributed by atoms with Crippen LogP contribution in [0.4, 0.5) is 8.78 Å². The number of halogens is 2. The van der Waals surface area contributed by atoms with Gasteiger partial charge in [0, 0.05) is 21.5 Å². The molecule has 0 saturated carbocycles. The highest BCUT2D eigenvalue weighted by atomic mass is 19.2. The van der Waals surface area contributed by atoms with Crippen LogP contribution in [0.25, 0.3) is 59.8 Å². The highest BCUT2D eigenvalue weighted by Crippen LogP contribution is 2.34. The summed E-state index contributed by atoms with van der Waals surface area (Å²) >= 11 is 0. The van der Waals surface area contributed by atoms with Crippen LogP contribution in [-0.4, -0.2) is 0 Å². The Hall–Kier alpha value is -5.20. The van der Waals surface area contributed by atoms with E-state index in [9.17, 15) is 19.3 Å². The van der Waals surface area contributed by atoms with Crippen LogP contribution in [0.5, 0.6) is 0 Å². The SMILES string of the molecule is C=C(C)c1ccc2c(c1)/c(=N\C#N)c1cc3c(cc12)/c(=N/C#N)c1cc(-c2ccc(F)c(F)c2)ccc13. The molecule has 0 fully saturated rings. The predicted octanol–water partition coefficient (Wildman–Crippen LogP) is 6.92. The van der Waals surface area contributed by atoms with Crippen LogP contribution < -0.4 is 10.7 Å².